The zero-order valence-corrected chi connectivity index (χ0v) is 13.7. The van der Waals surface area contributed by atoms with E-state index >= 15 is 0 Å². The summed E-state index contributed by atoms with van der Waals surface area (Å²) in [5, 5.41) is 2.66. The normalized spacial score (nSPS) is 12.5. The molecular formula is C20H28O. The molecule has 114 valence electrons. The summed E-state index contributed by atoms with van der Waals surface area (Å²) in [5.74, 6) is 1.90. The third-order valence-electron chi connectivity index (χ3n) is 4.37. The van der Waals surface area contributed by atoms with Crippen molar-refractivity contribution in [1.82, 2.24) is 0 Å². The van der Waals surface area contributed by atoms with E-state index in [1.54, 1.807) is 7.11 Å². The molecule has 0 radical (unpaired) electrons. The largest absolute Gasteiger partial charge is 0.496 e. The van der Waals surface area contributed by atoms with Crippen molar-refractivity contribution in [1.29, 1.82) is 0 Å². The van der Waals surface area contributed by atoms with Crippen molar-refractivity contribution in [2.45, 2.75) is 52.4 Å². The van der Waals surface area contributed by atoms with E-state index in [1.807, 2.05) is 0 Å². The van der Waals surface area contributed by atoms with Crippen molar-refractivity contribution in [3.63, 3.8) is 0 Å². The first-order valence-electron chi connectivity index (χ1n) is 8.30. The van der Waals surface area contributed by atoms with Crippen molar-refractivity contribution >= 4 is 10.8 Å². The minimum absolute atomic E-state index is 0.865. The van der Waals surface area contributed by atoms with Crippen molar-refractivity contribution in [2.24, 2.45) is 5.92 Å². The topological polar surface area (TPSA) is 9.23 Å². The Kier molecular flexibility index (Phi) is 6.10. The SMILES string of the molecule is CCCC(C)CCCCc1c(OC)ccc2ccccc12. The number of aryl methyl sites for hydroxylation is 1. The first kappa shape index (κ1) is 15.9. The van der Waals surface area contributed by atoms with E-state index in [4.69, 9.17) is 4.74 Å². The third kappa shape index (κ3) is 4.23. The van der Waals surface area contributed by atoms with Gasteiger partial charge in [0.15, 0.2) is 0 Å². The van der Waals surface area contributed by atoms with E-state index in [9.17, 15) is 0 Å². The minimum atomic E-state index is 0.865. The lowest BCUT2D eigenvalue weighted by Crippen LogP contribution is -1.97. The van der Waals surface area contributed by atoms with Gasteiger partial charge in [-0.25, -0.2) is 0 Å². The van der Waals surface area contributed by atoms with Gasteiger partial charge in [-0.1, -0.05) is 69.9 Å². The maximum atomic E-state index is 5.57. The Balaban J connectivity index is 2.03. The van der Waals surface area contributed by atoms with Crippen LogP contribution in [0, 0.1) is 5.92 Å². The molecule has 1 atom stereocenters. The van der Waals surface area contributed by atoms with Gasteiger partial charge in [-0.3, -0.25) is 0 Å². The van der Waals surface area contributed by atoms with Crippen molar-refractivity contribution in [3.8, 4) is 5.75 Å². The van der Waals surface area contributed by atoms with E-state index in [2.05, 4.69) is 50.2 Å². The second-order valence-corrected chi connectivity index (χ2v) is 6.11. The highest BCUT2D eigenvalue weighted by molar-refractivity contribution is 5.87. The van der Waals surface area contributed by atoms with Gasteiger partial charge in [0.05, 0.1) is 7.11 Å². The van der Waals surface area contributed by atoms with Crippen LogP contribution in [0.3, 0.4) is 0 Å². The Bertz CT molecular complexity index is 559. The number of ether oxygens (including phenoxy) is 1. The van der Waals surface area contributed by atoms with Gasteiger partial charge in [0, 0.05) is 5.56 Å². The maximum absolute atomic E-state index is 5.57. The fourth-order valence-electron chi connectivity index (χ4n) is 3.20. The lowest BCUT2D eigenvalue weighted by atomic mass is 9.95. The van der Waals surface area contributed by atoms with E-state index in [-0.39, 0.29) is 0 Å². The molecule has 0 aliphatic rings. The molecule has 0 aromatic heterocycles. The first-order chi connectivity index (χ1) is 10.3. The Morgan fingerprint density at radius 2 is 1.81 bits per heavy atom. The highest BCUT2D eigenvalue weighted by Crippen LogP contribution is 2.29. The molecule has 0 saturated heterocycles. The van der Waals surface area contributed by atoms with Crippen LogP contribution in [-0.4, -0.2) is 7.11 Å². The van der Waals surface area contributed by atoms with E-state index in [0.717, 1.165) is 18.1 Å². The molecule has 1 unspecified atom stereocenters. The average Bonchev–Trinajstić information content (AvgIpc) is 2.51. The number of hydrogen-bond acceptors (Lipinski definition) is 1. The van der Waals surface area contributed by atoms with Crippen LogP contribution in [0.15, 0.2) is 36.4 Å². The summed E-state index contributed by atoms with van der Waals surface area (Å²) in [6.45, 7) is 4.65. The average molecular weight is 284 g/mol. The minimum Gasteiger partial charge on any atom is -0.496 e. The van der Waals surface area contributed by atoms with Crippen molar-refractivity contribution in [3.05, 3.63) is 42.0 Å². The summed E-state index contributed by atoms with van der Waals surface area (Å²) >= 11 is 0. The number of hydrogen-bond donors (Lipinski definition) is 0. The van der Waals surface area contributed by atoms with Gasteiger partial charge in [-0.15, -0.1) is 0 Å². The zero-order valence-electron chi connectivity index (χ0n) is 13.7. The molecule has 2 aromatic rings. The number of fused-ring (bicyclic) bond motifs is 1. The third-order valence-corrected chi connectivity index (χ3v) is 4.37. The molecule has 0 saturated carbocycles. The molecule has 1 heteroatoms. The molecule has 2 aromatic carbocycles. The lowest BCUT2D eigenvalue weighted by Gasteiger charge is -2.13. The Morgan fingerprint density at radius 3 is 2.57 bits per heavy atom. The first-order valence-corrected chi connectivity index (χ1v) is 8.30. The maximum Gasteiger partial charge on any atom is 0.122 e. The highest BCUT2D eigenvalue weighted by Gasteiger charge is 2.08. The highest BCUT2D eigenvalue weighted by atomic mass is 16.5. The van der Waals surface area contributed by atoms with Gasteiger partial charge >= 0.3 is 0 Å². The summed E-state index contributed by atoms with van der Waals surface area (Å²) in [5.41, 5.74) is 1.37. The van der Waals surface area contributed by atoms with Crippen molar-refractivity contribution < 1.29 is 4.74 Å². The van der Waals surface area contributed by atoms with Gasteiger partial charge in [0.2, 0.25) is 0 Å². The second kappa shape index (κ2) is 8.07. The molecule has 21 heavy (non-hydrogen) atoms. The van der Waals surface area contributed by atoms with E-state index in [0.29, 0.717) is 0 Å². The van der Waals surface area contributed by atoms with Crippen LogP contribution in [0.5, 0.6) is 5.75 Å². The molecule has 0 amide bonds. The van der Waals surface area contributed by atoms with Crippen LogP contribution in [0.2, 0.25) is 0 Å². The van der Waals surface area contributed by atoms with Crippen LogP contribution >= 0.6 is 0 Å². The molecule has 0 aliphatic heterocycles. The summed E-state index contributed by atoms with van der Waals surface area (Å²) in [4.78, 5) is 0. The Morgan fingerprint density at radius 1 is 1.00 bits per heavy atom. The number of methoxy groups -OCH3 is 1. The molecular weight excluding hydrogens is 256 g/mol. The van der Waals surface area contributed by atoms with Gasteiger partial charge < -0.3 is 4.74 Å². The monoisotopic (exact) mass is 284 g/mol. The number of benzene rings is 2. The predicted octanol–water partition coefficient (Wildman–Crippen LogP) is 6.00. The van der Waals surface area contributed by atoms with Gasteiger partial charge in [0.1, 0.15) is 5.75 Å². The summed E-state index contributed by atoms with van der Waals surface area (Å²) in [6.07, 6.45) is 7.69. The van der Waals surface area contributed by atoms with Crippen LogP contribution in [0.25, 0.3) is 10.8 Å². The molecule has 1 nitrogen and oxygen atoms in total. The summed E-state index contributed by atoms with van der Waals surface area (Å²) < 4.78 is 5.57. The lowest BCUT2D eigenvalue weighted by molar-refractivity contribution is 0.408. The van der Waals surface area contributed by atoms with Crippen LogP contribution in [-0.2, 0) is 6.42 Å². The smallest absolute Gasteiger partial charge is 0.122 e. The molecule has 0 aliphatic carbocycles. The fourth-order valence-corrected chi connectivity index (χ4v) is 3.20. The Labute approximate surface area is 129 Å². The summed E-state index contributed by atoms with van der Waals surface area (Å²) in [7, 11) is 1.77. The Hall–Kier alpha value is -1.50. The standard InChI is InChI=1S/C20H28O/c1-4-9-16(2)10-5-7-13-19-18-12-8-6-11-17(18)14-15-20(19)21-3/h6,8,11-12,14-16H,4-5,7,9-10,13H2,1-3H3. The van der Waals surface area contributed by atoms with Crippen LogP contribution < -0.4 is 4.74 Å². The van der Waals surface area contributed by atoms with Crippen LogP contribution in [0.4, 0.5) is 0 Å². The molecule has 0 spiro atoms. The molecule has 0 heterocycles. The van der Waals surface area contributed by atoms with Gasteiger partial charge in [-0.2, -0.15) is 0 Å². The number of unbranched alkanes of at least 4 members (excludes halogenated alkanes) is 1. The molecule has 0 bridgehead atoms. The molecule has 0 fully saturated rings. The quantitative estimate of drug-likeness (QED) is 0.540. The van der Waals surface area contributed by atoms with E-state index < -0.39 is 0 Å². The van der Waals surface area contributed by atoms with Gasteiger partial charge in [-0.05, 0) is 35.6 Å². The van der Waals surface area contributed by atoms with Crippen LogP contribution in [0.1, 0.15) is 51.5 Å². The number of rotatable bonds is 8. The fraction of sp³-hybridized carbons (Fsp3) is 0.500. The molecule has 2 rings (SSSR count). The summed E-state index contributed by atoms with van der Waals surface area (Å²) in [6, 6.07) is 12.9. The molecule has 0 N–H and O–H groups in total. The van der Waals surface area contributed by atoms with E-state index in [1.165, 1.54) is 48.4 Å². The zero-order chi connectivity index (χ0) is 15.1. The predicted molar refractivity (Wildman–Crippen MR) is 92.1 cm³/mol. The van der Waals surface area contributed by atoms with Gasteiger partial charge in [0.25, 0.3) is 0 Å². The second-order valence-electron chi connectivity index (χ2n) is 6.11. The van der Waals surface area contributed by atoms with Crippen molar-refractivity contribution in [2.75, 3.05) is 7.11 Å².